The van der Waals surface area contributed by atoms with Crippen LogP contribution < -0.4 is 0 Å². The number of fused-ring (bicyclic) bond motifs is 1. The molecule has 0 saturated heterocycles. The Balaban J connectivity index is 1.65. The molecule has 110 valence electrons. The first-order valence-electron chi connectivity index (χ1n) is 7.30. The molecule has 0 spiro atoms. The van der Waals surface area contributed by atoms with Gasteiger partial charge in [-0.2, -0.15) is 0 Å². The third-order valence-corrected chi connectivity index (χ3v) is 5.27. The monoisotopic (exact) mass is 300 g/mol. The van der Waals surface area contributed by atoms with Gasteiger partial charge in [-0.15, -0.1) is 11.8 Å². The number of carbonyl (C=O) groups is 1. The average molecular weight is 300 g/mol. The molecule has 1 amide bonds. The topological polar surface area (TPSA) is 25.2 Å². The minimum absolute atomic E-state index is 0.165. The summed E-state index contributed by atoms with van der Waals surface area (Å²) in [6.45, 7) is 5.90. The minimum atomic E-state index is 0.165. The van der Waals surface area contributed by atoms with E-state index in [1.54, 1.807) is 11.8 Å². The lowest BCUT2D eigenvalue weighted by atomic mass is 10.1. The van der Waals surface area contributed by atoms with Gasteiger partial charge >= 0.3 is 0 Å². The molecule has 4 heteroatoms. The van der Waals surface area contributed by atoms with Crippen molar-refractivity contribution >= 4 is 17.7 Å². The molecule has 0 saturated carbocycles. The highest BCUT2D eigenvalue weighted by Gasteiger charge is 2.27. The molecule has 2 heterocycles. The third kappa shape index (κ3) is 2.86. The fraction of sp³-hybridized carbons (Fsp3) is 0.353. The van der Waals surface area contributed by atoms with Crippen molar-refractivity contribution < 1.29 is 4.79 Å². The van der Waals surface area contributed by atoms with Crippen molar-refractivity contribution in [3.8, 4) is 0 Å². The summed E-state index contributed by atoms with van der Waals surface area (Å²) in [6.07, 6.45) is 2.09. The van der Waals surface area contributed by atoms with Gasteiger partial charge in [0, 0.05) is 29.9 Å². The maximum atomic E-state index is 12.5. The number of amides is 1. The van der Waals surface area contributed by atoms with Crippen LogP contribution in [0.15, 0.2) is 47.5 Å². The zero-order valence-corrected chi connectivity index (χ0v) is 13.3. The number of hydrogen-bond donors (Lipinski definition) is 0. The Kier molecular flexibility index (Phi) is 4.06. The second-order valence-electron chi connectivity index (χ2n) is 5.44. The largest absolute Gasteiger partial charge is 0.348 e. The molecule has 0 fully saturated rings. The second-order valence-corrected chi connectivity index (χ2v) is 6.46. The summed E-state index contributed by atoms with van der Waals surface area (Å²) in [6, 6.07) is 12.6. The van der Waals surface area contributed by atoms with E-state index in [0.717, 1.165) is 13.1 Å². The quantitative estimate of drug-likeness (QED) is 0.811. The molecule has 0 unspecified atom stereocenters. The van der Waals surface area contributed by atoms with Crippen molar-refractivity contribution in [1.29, 1.82) is 0 Å². The van der Waals surface area contributed by atoms with E-state index in [-0.39, 0.29) is 11.9 Å². The van der Waals surface area contributed by atoms with Crippen LogP contribution in [0.4, 0.5) is 0 Å². The summed E-state index contributed by atoms with van der Waals surface area (Å²) in [5.41, 5.74) is 2.46. The third-order valence-electron chi connectivity index (χ3n) is 4.11. The summed E-state index contributed by atoms with van der Waals surface area (Å²) in [5, 5.41) is 0. The lowest BCUT2D eigenvalue weighted by molar-refractivity contribution is -0.131. The van der Waals surface area contributed by atoms with E-state index in [1.807, 2.05) is 17.0 Å². The van der Waals surface area contributed by atoms with Crippen LogP contribution in [-0.4, -0.2) is 27.7 Å². The maximum Gasteiger partial charge on any atom is 0.233 e. The number of benzene rings is 1. The van der Waals surface area contributed by atoms with Gasteiger partial charge in [-0.25, -0.2) is 0 Å². The summed E-state index contributed by atoms with van der Waals surface area (Å²) >= 11 is 1.64. The molecule has 21 heavy (non-hydrogen) atoms. The minimum Gasteiger partial charge on any atom is -0.348 e. The van der Waals surface area contributed by atoms with Gasteiger partial charge in [0.05, 0.1) is 11.8 Å². The first kappa shape index (κ1) is 14.3. The number of thioether (sulfide) groups is 1. The molecule has 1 aromatic carbocycles. The molecule has 2 aromatic rings. The van der Waals surface area contributed by atoms with Crippen LogP contribution in [0.3, 0.4) is 0 Å². The Morgan fingerprint density at radius 1 is 1.24 bits per heavy atom. The molecule has 3 nitrogen and oxygen atoms in total. The number of nitrogens with zero attached hydrogens (tertiary/aromatic N) is 2. The molecular formula is C17H20N2OS. The fourth-order valence-corrected chi connectivity index (χ4v) is 3.78. The number of aryl methyl sites for hydroxylation is 1. The molecule has 1 aliphatic rings. The second kappa shape index (κ2) is 5.98. The van der Waals surface area contributed by atoms with Crippen LogP contribution in [0.5, 0.6) is 0 Å². The predicted molar refractivity (Wildman–Crippen MR) is 86.5 cm³/mol. The van der Waals surface area contributed by atoms with Gasteiger partial charge in [-0.05, 0) is 37.6 Å². The van der Waals surface area contributed by atoms with Gasteiger partial charge < -0.3 is 9.47 Å². The molecule has 0 radical (unpaired) electrons. The van der Waals surface area contributed by atoms with Crippen molar-refractivity contribution in [2.75, 3.05) is 12.3 Å². The van der Waals surface area contributed by atoms with Gasteiger partial charge in [0.25, 0.3) is 0 Å². The zero-order valence-electron chi connectivity index (χ0n) is 12.5. The van der Waals surface area contributed by atoms with Crippen LogP contribution >= 0.6 is 11.8 Å². The highest BCUT2D eigenvalue weighted by molar-refractivity contribution is 8.00. The van der Waals surface area contributed by atoms with E-state index in [1.165, 1.54) is 16.2 Å². The van der Waals surface area contributed by atoms with Crippen LogP contribution in [0, 0.1) is 6.92 Å². The molecule has 0 bridgehead atoms. The first-order chi connectivity index (χ1) is 10.2. The van der Waals surface area contributed by atoms with E-state index in [2.05, 4.69) is 48.9 Å². The summed E-state index contributed by atoms with van der Waals surface area (Å²) in [4.78, 5) is 15.7. The smallest absolute Gasteiger partial charge is 0.233 e. The van der Waals surface area contributed by atoms with Gasteiger partial charge in [-0.1, -0.05) is 18.2 Å². The number of aromatic nitrogens is 1. The molecule has 3 rings (SSSR count). The molecule has 1 aliphatic heterocycles. The van der Waals surface area contributed by atoms with E-state index in [0.29, 0.717) is 5.75 Å². The van der Waals surface area contributed by atoms with Crippen LogP contribution in [0.2, 0.25) is 0 Å². The fourth-order valence-electron chi connectivity index (χ4n) is 2.86. The van der Waals surface area contributed by atoms with Crippen LogP contribution in [0.1, 0.15) is 24.2 Å². The van der Waals surface area contributed by atoms with E-state index < -0.39 is 0 Å². The summed E-state index contributed by atoms with van der Waals surface area (Å²) in [5.74, 6) is 0.735. The number of rotatable bonds is 3. The molecule has 1 atom stereocenters. The van der Waals surface area contributed by atoms with Gasteiger partial charge in [0.2, 0.25) is 5.91 Å². The Bertz CT molecular complexity index is 650. The number of carbonyl (C=O) groups excluding carboxylic acids is 1. The van der Waals surface area contributed by atoms with Crippen molar-refractivity contribution in [3.63, 3.8) is 0 Å². The summed E-state index contributed by atoms with van der Waals surface area (Å²) in [7, 11) is 0. The van der Waals surface area contributed by atoms with E-state index in [9.17, 15) is 4.79 Å². The van der Waals surface area contributed by atoms with E-state index in [4.69, 9.17) is 0 Å². The molecular weight excluding hydrogens is 280 g/mol. The van der Waals surface area contributed by atoms with Crippen molar-refractivity contribution in [2.45, 2.75) is 31.3 Å². The molecule has 0 aliphatic carbocycles. The Morgan fingerprint density at radius 3 is 2.86 bits per heavy atom. The van der Waals surface area contributed by atoms with Crippen molar-refractivity contribution in [2.24, 2.45) is 0 Å². The Hall–Kier alpha value is -1.68. The number of hydrogen-bond acceptors (Lipinski definition) is 2. The van der Waals surface area contributed by atoms with Crippen LogP contribution in [0.25, 0.3) is 0 Å². The average Bonchev–Trinajstić information content (AvgIpc) is 2.96. The highest BCUT2D eigenvalue weighted by atomic mass is 32.2. The van der Waals surface area contributed by atoms with Gasteiger partial charge in [0.1, 0.15) is 0 Å². The van der Waals surface area contributed by atoms with E-state index >= 15 is 0 Å². The van der Waals surface area contributed by atoms with Crippen LogP contribution in [-0.2, 0) is 11.3 Å². The van der Waals surface area contributed by atoms with Gasteiger partial charge in [0.15, 0.2) is 0 Å². The standard InChI is InChI=1S/C17H20N2OS/c1-13-6-3-4-8-16(13)21-12-17(20)19-11-10-18-9-5-7-15(18)14(19)2/h3-9,14H,10-12H2,1-2H3/t14-/m0/s1. The normalized spacial score (nSPS) is 17.6. The predicted octanol–water partition coefficient (Wildman–Crippen LogP) is 3.49. The SMILES string of the molecule is Cc1ccccc1SCC(=O)N1CCn2cccc2[C@@H]1C. The first-order valence-corrected chi connectivity index (χ1v) is 8.28. The zero-order chi connectivity index (χ0) is 14.8. The lowest BCUT2D eigenvalue weighted by Crippen LogP contribution is -2.41. The molecule has 0 N–H and O–H groups in total. The Labute approximate surface area is 130 Å². The van der Waals surface area contributed by atoms with Crippen molar-refractivity contribution in [3.05, 3.63) is 53.9 Å². The summed E-state index contributed by atoms with van der Waals surface area (Å²) < 4.78 is 2.24. The lowest BCUT2D eigenvalue weighted by Gasteiger charge is -2.35. The maximum absolute atomic E-state index is 12.5. The Morgan fingerprint density at radius 2 is 2.05 bits per heavy atom. The highest BCUT2D eigenvalue weighted by Crippen LogP contribution is 2.28. The molecule has 1 aromatic heterocycles. The van der Waals surface area contributed by atoms with Gasteiger partial charge in [-0.3, -0.25) is 4.79 Å². The van der Waals surface area contributed by atoms with Crippen molar-refractivity contribution in [1.82, 2.24) is 9.47 Å².